The first kappa shape index (κ1) is 20.9. The van der Waals surface area contributed by atoms with Crippen molar-refractivity contribution in [1.82, 2.24) is 14.4 Å². The van der Waals surface area contributed by atoms with Gasteiger partial charge in [-0.2, -0.15) is 0 Å². The summed E-state index contributed by atoms with van der Waals surface area (Å²) in [7, 11) is 0. The number of aryl methyl sites for hydroxylation is 1. The van der Waals surface area contributed by atoms with Crippen LogP contribution in [0.1, 0.15) is 27.2 Å². The molecule has 1 fully saturated rings. The molecule has 164 valence electrons. The molecule has 2 aromatic carbocycles. The molecule has 0 radical (unpaired) electrons. The summed E-state index contributed by atoms with van der Waals surface area (Å²) in [6.07, 6.45) is 0. The van der Waals surface area contributed by atoms with E-state index in [0.29, 0.717) is 25.3 Å². The van der Waals surface area contributed by atoms with Crippen molar-refractivity contribution >= 4 is 27.5 Å². The Kier molecular flexibility index (Phi) is 5.81. The van der Waals surface area contributed by atoms with E-state index in [-0.39, 0.29) is 11.7 Å². The second kappa shape index (κ2) is 8.88. The Morgan fingerprint density at radius 2 is 1.69 bits per heavy atom. The second-order valence-corrected chi connectivity index (χ2v) is 9.42. The number of halogens is 1. The van der Waals surface area contributed by atoms with Crippen molar-refractivity contribution in [2.75, 3.05) is 26.2 Å². The Morgan fingerprint density at radius 1 is 0.938 bits per heavy atom. The highest BCUT2D eigenvalue weighted by atomic mass is 32.1. The lowest BCUT2D eigenvalue weighted by Gasteiger charge is -2.35. The van der Waals surface area contributed by atoms with Gasteiger partial charge in [-0.25, -0.2) is 4.39 Å². The summed E-state index contributed by atoms with van der Waals surface area (Å²) in [6, 6.07) is 19.2. The third-order valence-corrected chi connectivity index (χ3v) is 6.97. The Labute approximate surface area is 191 Å². The first-order chi connectivity index (χ1) is 15.6. The fourth-order valence-electron chi connectivity index (χ4n) is 4.48. The zero-order valence-corrected chi connectivity index (χ0v) is 18.9. The van der Waals surface area contributed by atoms with E-state index in [4.69, 9.17) is 0 Å². The summed E-state index contributed by atoms with van der Waals surface area (Å²) >= 11 is 1.63. The van der Waals surface area contributed by atoms with Crippen LogP contribution < -0.4 is 0 Å². The molecule has 1 aliphatic rings. The van der Waals surface area contributed by atoms with E-state index in [9.17, 15) is 9.18 Å². The van der Waals surface area contributed by atoms with Crippen LogP contribution >= 0.6 is 11.3 Å². The normalized spacial score (nSPS) is 14.9. The van der Waals surface area contributed by atoms with Gasteiger partial charge in [-0.15, -0.1) is 11.3 Å². The smallest absolute Gasteiger partial charge is 0.270 e. The van der Waals surface area contributed by atoms with E-state index in [1.807, 2.05) is 33.0 Å². The van der Waals surface area contributed by atoms with Crippen LogP contribution in [-0.4, -0.2) is 46.5 Å². The molecule has 0 aliphatic carbocycles. The Morgan fingerprint density at radius 3 is 2.44 bits per heavy atom. The first-order valence-electron chi connectivity index (χ1n) is 11.0. The van der Waals surface area contributed by atoms with E-state index in [1.54, 1.807) is 17.4 Å². The van der Waals surface area contributed by atoms with Gasteiger partial charge in [0, 0.05) is 39.3 Å². The molecule has 0 atom stereocenters. The summed E-state index contributed by atoms with van der Waals surface area (Å²) in [4.78, 5) is 17.8. The van der Waals surface area contributed by atoms with Gasteiger partial charge in [-0.3, -0.25) is 9.69 Å². The molecular weight excluding hydrogens is 421 g/mol. The van der Waals surface area contributed by atoms with E-state index >= 15 is 0 Å². The Hall–Kier alpha value is -2.96. The standard InChI is InChI=1S/C26H26FN3OS/c1-19-4-2-5-20(14-19)17-28-9-11-29(12-10-28)26(31)24-16-25-23(8-13-32-25)30(24)18-21-6-3-7-22(27)15-21/h2-8,13-16H,9-12,17-18H2,1H3. The number of benzene rings is 2. The van der Waals surface area contributed by atoms with E-state index in [2.05, 4.69) is 36.1 Å². The van der Waals surface area contributed by atoms with Gasteiger partial charge in [0.15, 0.2) is 0 Å². The average Bonchev–Trinajstić information content (AvgIpc) is 3.37. The van der Waals surface area contributed by atoms with Gasteiger partial charge in [-0.1, -0.05) is 42.0 Å². The number of carbonyl (C=O) groups is 1. The summed E-state index contributed by atoms with van der Waals surface area (Å²) in [5.41, 5.74) is 5.15. The van der Waals surface area contributed by atoms with E-state index in [1.165, 1.54) is 23.3 Å². The lowest BCUT2D eigenvalue weighted by Crippen LogP contribution is -2.48. The van der Waals surface area contributed by atoms with Crippen molar-refractivity contribution in [2.45, 2.75) is 20.0 Å². The van der Waals surface area contributed by atoms with E-state index in [0.717, 1.165) is 35.4 Å². The third kappa shape index (κ3) is 4.33. The van der Waals surface area contributed by atoms with Gasteiger partial charge >= 0.3 is 0 Å². The van der Waals surface area contributed by atoms with Gasteiger partial charge < -0.3 is 9.47 Å². The van der Waals surface area contributed by atoms with Gasteiger partial charge in [-0.05, 0) is 47.7 Å². The average molecular weight is 448 g/mol. The van der Waals surface area contributed by atoms with Gasteiger partial charge in [0.1, 0.15) is 11.5 Å². The van der Waals surface area contributed by atoms with Crippen LogP contribution in [0.3, 0.4) is 0 Å². The Bertz CT molecular complexity index is 1250. The molecule has 0 spiro atoms. The molecule has 32 heavy (non-hydrogen) atoms. The van der Waals surface area contributed by atoms with Crippen molar-refractivity contribution in [3.05, 3.63) is 94.2 Å². The molecule has 1 amide bonds. The molecule has 4 nitrogen and oxygen atoms in total. The SMILES string of the molecule is Cc1cccc(CN2CCN(C(=O)c3cc4sccc4n3Cc3cccc(F)c3)CC2)c1. The zero-order valence-electron chi connectivity index (χ0n) is 18.1. The highest BCUT2D eigenvalue weighted by molar-refractivity contribution is 7.17. The topological polar surface area (TPSA) is 28.5 Å². The highest BCUT2D eigenvalue weighted by Gasteiger charge is 2.26. The number of thiophene rings is 1. The lowest BCUT2D eigenvalue weighted by molar-refractivity contribution is 0.0619. The number of aromatic nitrogens is 1. The number of hydrogen-bond donors (Lipinski definition) is 0. The largest absolute Gasteiger partial charge is 0.335 e. The van der Waals surface area contributed by atoms with Crippen LogP contribution in [0.5, 0.6) is 0 Å². The van der Waals surface area contributed by atoms with Gasteiger partial charge in [0.2, 0.25) is 0 Å². The van der Waals surface area contributed by atoms with Crippen molar-refractivity contribution in [1.29, 1.82) is 0 Å². The lowest BCUT2D eigenvalue weighted by atomic mass is 10.1. The maximum Gasteiger partial charge on any atom is 0.270 e. The van der Waals surface area contributed by atoms with Crippen LogP contribution in [0.15, 0.2) is 66.0 Å². The molecule has 1 saturated heterocycles. The van der Waals surface area contributed by atoms with Crippen molar-refractivity contribution in [3.8, 4) is 0 Å². The van der Waals surface area contributed by atoms with Crippen LogP contribution in [0.4, 0.5) is 4.39 Å². The molecule has 0 bridgehead atoms. The minimum atomic E-state index is -0.256. The summed E-state index contributed by atoms with van der Waals surface area (Å²) in [5, 5.41) is 2.03. The second-order valence-electron chi connectivity index (χ2n) is 8.47. The summed E-state index contributed by atoms with van der Waals surface area (Å²) in [5.74, 6) is -0.200. The summed E-state index contributed by atoms with van der Waals surface area (Å²) < 4.78 is 16.8. The van der Waals surface area contributed by atoms with Crippen LogP contribution in [0, 0.1) is 12.7 Å². The fourth-order valence-corrected chi connectivity index (χ4v) is 5.30. The van der Waals surface area contributed by atoms with Crippen LogP contribution in [0.2, 0.25) is 0 Å². The number of rotatable bonds is 5. The predicted molar refractivity (Wildman–Crippen MR) is 128 cm³/mol. The maximum atomic E-state index is 13.7. The fraction of sp³-hybridized carbons (Fsp3) is 0.269. The number of carbonyl (C=O) groups excluding carboxylic acids is 1. The molecule has 4 aromatic rings. The molecule has 5 rings (SSSR count). The number of nitrogens with zero attached hydrogens (tertiary/aromatic N) is 3. The number of amides is 1. The van der Waals surface area contributed by atoms with Crippen molar-refractivity contribution < 1.29 is 9.18 Å². The Balaban J connectivity index is 1.31. The molecule has 3 heterocycles. The number of piperazine rings is 1. The van der Waals surface area contributed by atoms with Crippen LogP contribution in [-0.2, 0) is 13.1 Å². The van der Waals surface area contributed by atoms with Crippen molar-refractivity contribution in [2.24, 2.45) is 0 Å². The van der Waals surface area contributed by atoms with Crippen molar-refractivity contribution in [3.63, 3.8) is 0 Å². The molecule has 0 N–H and O–H groups in total. The predicted octanol–water partition coefficient (Wildman–Crippen LogP) is 5.16. The molecule has 6 heteroatoms. The summed E-state index contributed by atoms with van der Waals surface area (Å²) in [6.45, 7) is 6.65. The minimum Gasteiger partial charge on any atom is -0.335 e. The first-order valence-corrected chi connectivity index (χ1v) is 11.8. The monoisotopic (exact) mass is 447 g/mol. The van der Waals surface area contributed by atoms with Gasteiger partial charge in [0.05, 0.1) is 10.2 Å². The number of fused-ring (bicyclic) bond motifs is 1. The highest BCUT2D eigenvalue weighted by Crippen LogP contribution is 2.27. The molecule has 2 aromatic heterocycles. The van der Waals surface area contributed by atoms with Gasteiger partial charge in [0.25, 0.3) is 5.91 Å². The maximum absolute atomic E-state index is 13.7. The molecule has 0 unspecified atom stereocenters. The quantitative estimate of drug-likeness (QED) is 0.423. The van der Waals surface area contributed by atoms with E-state index < -0.39 is 0 Å². The molecule has 1 aliphatic heterocycles. The number of hydrogen-bond acceptors (Lipinski definition) is 3. The minimum absolute atomic E-state index is 0.0556. The molecule has 0 saturated carbocycles. The third-order valence-electron chi connectivity index (χ3n) is 6.12. The van der Waals surface area contributed by atoms with Crippen LogP contribution in [0.25, 0.3) is 10.2 Å². The zero-order chi connectivity index (χ0) is 22.1. The molecular formula is C26H26FN3OS.